The third kappa shape index (κ3) is 3.97. The van der Waals surface area contributed by atoms with Gasteiger partial charge in [-0.2, -0.15) is 0 Å². The van der Waals surface area contributed by atoms with E-state index in [1.54, 1.807) is 12.1 Å². The first-order valence-corrected chi connectivity index (χ1v) is 6.08. The van der Waals surface area contributed by atoms with Gasteiger partial charge in [-0.3, -0.25) is 10.6 Å². The predicted molar refractivity (Wildman–Crippen MR) is 67.9 cm³/mol. The van der Waals surface area contributed by atoms with Crippen LogP contribution in [0.15, 0.2) is 18.3 Å². The first-order chi connectivity index (χ1) is 8.79. The maximum Gasteiger partial charge on any atom is 0.269 e. The van der Waals surface area contributed by atoms with Gasteiger partial charge >= 0.3 is 0 Å². The van der Waals surface area contributed by atoms with E-state index in [1.165, 1.54) is 19.0 Å². The molecule has 0 aromatic carbocycles. The maximum absolute atomic E-state index is 11.7. The van der Waals surface area contributed by atoms with E-state index in [4.69, 9.17) is 10.6 Å². The van der Waals surface area contributed by atoms with Gasteiger partial charge in [0.25, 0.3) is 5.91 Å². The number of carbonyl (C=O) groups is 1. The van der Waals surface area contributed by atoms with Gasteiger partial charge in [0.05, 0.1) is 18.5 Å². The Balaban J connectivity index is 1.65. The van der Waals surface area contributed by atoms with Gasteiger partial charge in [-0.15, -0.1) is 0 Å². The van der Waals surface area contributed by atoms with Gasteiger partial charge in [0.1, 0.15) is 5.69 Å². The Morgan fingerprint density at radius 1 is 1.50 bits per heavy atom. The van der Waals surface area contributed by atoms with Gasteiger partial charge < -0.3 is 15.5 Å². The number of rotatable bonds is 7. The molecular weight excluding hydrogens is 232 g/mol. The summed E-state index contributed by atoms with van der Waals surface area (Å²) >= 11 is 0. The van der Waals surface area contributed by atoms with Crippen molar-refractivity contribution in [2.75, 3.05) is 25.2 Å². The third-order valence-electron chi connectivity index (χ3n) is 2.75. The number of aromatic nitrogens is 1. The van der Waals surface area contributed by atoms with E-state index in [0.717, 1.165) is 12.5 Å². The average molecular weight is 250 g/mol. The lowest BCUT2D eigenvalue weighted by Crippen LogP contribution is -2.28. The Bertz CT molecular complexity index is 390. The van der Waals surface area contributed by atoms with E-state index >= 15 is 0 Å². The molecule has 0 spiro atoms. The summed E-state index contributed by atoms with van der Waals surface area (Å²) in [5.74, 6) is 5.76. The van der Waals surface area contributed by atoms with Crippen LogP contribution in [0.3, 0.4) is 0 Å². The molecule has 0 saturated heterocycles. The Kier molecular flexibility index (Phi) is 4.49. The lowest BCUT2D eigenvalue weighted by atomic mass is 10.3. The number of carbonyl (C=O) groups excluding carboxylic acids is 1. The van der Waals surface area contributed by atoms with Crippen molar-refractivity contribution in [1.29, 1.82) is 0 Å². The number of hydrazine groups is 1. The normalized spacial score (nSPS) is 14.3. The predicted octanol–water partition coefficient (Wildman–Crippen LogP) is 0.524. The van der Waals surface area contributed by atoms with Crippen molar-refractivity contribution in [3.05, 3.63) is 24.0 Å². The quantitative estimate of drug-likeness (QED) is 0.373. The van der Waals surface area contributed by atoms with Crippen molar-refractivity contribution >= 4 is 11.6 Å². The van der Waals surface area contributed by atoms with Crippen LogP contribution in [0.4, 0.5) is 5.69 Å². The topological polar surface area (TPSA) is 89.3 Å². The average Bonchev–Trinajstić information content (AvgIpc) is 3.22. The van der Waals surface area contributed by atoms with Crippen molar-refractivity contribution in [3.63, 3.8) is 0 Å². The molecule has 0 aliphatic heterocycles. The molecule has 1 heterocycles. The van der Waals surface area contributed by atoms with Crippen LogP contribution in [0.1, 0.15) is 23.3 Å². The number of amides is 1. The highest BCUT2D eigenvalue weighted by molar-refractivity contribution is 5.92. The molecule has 0 bridgehead atoms. The van der Waals surface area contributed by atoms with Gasteiger partial charge in [-0.25, -0.2) is 4.98 Å². The number of nitrogen functional groups attached to an aromatic ring is 1. The molecule has 1 aliphatic rings. The lowest BCUT2D eigenvalue weighted by molar-refractivity contribution is 0.0902. The van der Waals surface area contributed by atoms with Gasteiger partial charge in [-0.1, -0.05) is 0 Å². The molecule has 1 aromatic heterocycles. The van der Waals surface area contributed by atoms with Crippen molar-refractivity contribution in [2.24, 2.45) is 11.8 Å². The number of pyridine rings is 1. The van der Waals surface area contributed by atoms with Gasteiger partial charge in [0.15, 0.2) is 0 Å². The highest BCUT2D eigenvalue weighted by atomic mass is 16.5. The fourth-order valence-electron chi connectivity index (χ4n) is 1.48. The number of nitrogens with two attached hydrogens (primary N) is 1. The summed E-state index contributed by atoms with van der Waals surface area (Å²) in [6.07, 6.45) is 4.06. The van der Waals surface area contributed by atoms with Crippen LogP contribution in [0.25, 0.3) is 0 Å². The molecule has 1 saturated carbocycles. The molecule has 1 amide bonds. The second kappa shape index (κ2) is 6.32. The molecule has 18 heavy (non-hydrogen) atoms. The fraction of sp³-hybridized carbons (Fsp3) is 0.500. The molecule has 1 aliphatic carbocycles. The summed E-state index contributed by atoms with van der Waals surface area (Å²) in [5, 5.41) is 2.75. The first kappa shape index (κ1) is 12.8. The van der Waals surface area contributed by atoms with Crippen LogP contribution in [0.5, 0.6) is 0 Å². The highest BCUT2D eigenvalue weighted by Gasteiger charge is 2.20. The summed E-state index contributed by atoms with van der Waals surface area (Å²) in [6, 6.07) is 3.32. The molecule has 6 nitrogen and oxygen atoms in total. The van der Waals surface area contributed by atoms with Crippen LogP contribution in [0, 0.1) is 5.92 Å². The minimum absolute atomic E-state index is 0.200. The second-order valence-electron chi connectivity index (χ2n) is 4.35. The third-order valence-corrected chi connectivity index (χ3v) is 2.75. The smallest absolute Gasteiger partial charge is 0.269 e. The molecule has 0 unspecified atom stereocenters. The van der Waals surface area contributed by atoms with Crippen molar-refractivity contribution < 1.29 is 9.53 Å². The molecule has 1 fully saturated rings. The maximum atomic E-state index is 11.7. The zero-order chi connectivity index (χ0) is 12.8. The summed E-state index contributed by atoms with van der Waals surface area (Å²) in [7, 11) is 0. The number of hydrogen-bond donors (Lipinski definition) is 3. The minimum atomic E-state index is -0.200. The Labute approximate surface area is 106 Å². The largest absolute Gasteiger partial charge is 0.379 e. The Morgan fingerprint density at radius 3 is 2.94 bits per heavy atom. The van der Waals surface area contributed by atoms with Crippen LogP contribution in [-0.4, -0.2) is 30.6 Å². The zero-order valence-electron chi connectivity index (χ0n) is 10.2. The molecule has 98 valence electrons. The number of nitrogens with one attached hydrogen (secondary N) is 2. The molecule has 0 radical (unpaired) electrons. The molecule has 1 aromatic rings. The summed E-state index contributed by atoms with van der Waals surface area (Å²) in [6.45, 7) is 1.86. The number of ether oxygens (including phenoxy) is 1. The molecule has 2 rings (SSSR count). The standard InChI is InChI=1S/C12H18N4O2/c13-16-10-3-4-11(15-7-10)12(17)14-5-6-18-8-9-1-2-9/h3-4,7,9,16H,1-2,5-6,8,13H2,(H,14,17). The van der Waals surface area contributed by atoms with E-state index in [-0.39, 0.29) is 5.91 Å². The van der Waals surface area contributed by atoms with E-state index in [9.17, 15) is 4.79 Å². The Morgan fingerprint density at radius 2 is 2.33 bits per heavy atom. The molecule has 0 atom stereocenters. The molecular formula is C12H18N4O2. The van der Waals surface area contributed by atoms with Crippen LogP contribution < -0.4 is 16.6 Å². The summed E-state index contributed by atoms with van der Waals surface area (Å²) < 4.78 is 5.42. The fourth-order valence-corrected chi connectivity index (χ4v) is 1.48. The highest BCUT2D eigenvalue weighted by Crippen LogP contribution is 2.28. The van der Waals surface area contributed by atoms with Crippen LogP contribution >= 0.6 is 0 Å². The van der Waals surface area contributed by atoms with Gasteiger partial charge in [-0.05, 0) is 30.9 Å². The first-order valence-electron chi connectivity index (χ1n) is 6.08. The minimum Gasteiger partial charge on any atom is -0.379 e. The number of nitrogens with zero attached hydrogens (tertiary/aromatic N) is 1. The number of hydrogen-bond acceptors (Lipinski definition) is 5. The molecule has 4 N–H and O–H groups in total. The van der Waals surface area contributed by atoms with Crippen molar-refractivity contribution in [2.45, 2.75) is 12.8 Å². The van der Waals surface area contributed by atoms with Gasteiger partial charge in [0.2, 0.25) is 0 Å². The van der Waals surface area contributed by atoms with Crippen molar-refractivity contribution in [1.82, 2.24) is 10.3 Å². The SMILES string of the molecule is NNc1ccc(C(=O)NCCOCC2CC2)nc1. The monoisotopic (exact) mass is 250 g/mol. The summed E-state index contributed by atoms with van der Waals surface area (Å²) in [4.78, 5) is 15.7. The zero-order valence-corrected chi connectivity index (χ0v) is 10.2. The summed E-state index contributed by atoms with van der Waals surface area (Å²) in [5.41, 5.74) is 3.49. The van der Waals surface area contributed by atoms with E-state index in [0.29, 0.717) is 24.5 Å². The molecule has 6 heteroatoms. The van der Waals surface area contributed by atoms with Crippen LogP contribution in [-0.2, 0) is 4.74 Å². The van der Waals surface area contributed by atoms with E-state index in [2.05, 4.69) is 15.7 Å². The van der Waals surface area contributed by atoms with E-state index < -0.39 is 0 Å². The lowest BCUT2D eigenvalue weighted by Gasteiger charge is -2.06. The van der Waals surface area contributed by atoms with E-state index in [1.807, 2.05) is 0 Å². The number of anilines is 1. The Hall–Kier alpha value is -1.66. The van der Waals surface area contributed by atoms with Gasteiger partial charge in [0, 0.05) is 13.2 Å². The van der Waals surface area contributed by atoms with Crippen LogP contribution in [0.2, 0.25) is 0 Å². The van der Waals surface area contributed by atoms with Crippen molar-refractivity contribution in [3.8, 4) is 0 Å². The second-order valence-corrected chi connectivity index (χ2v) is 4.35.